The molecular weight excluding hydrogens is 224 g/mol. The largest absolute Gasteiger partial charge is 0.464 e. The molecule has 80 valence electrons. The summed E-state index contributed by atoms with van der Waals surface area (Å²) in [5.74, 6) is 0.917. The lowest BCUT2D eigenvalue weighted by molar-refractivity contribution is 0.581. The summed E-state index contributed by atoms with van der Waals surface area (Å²) < 4.78 is 5.43. The monoisotopic (exact) mass is 238 g/mol. The molecule has 3 heteroatoms. The van der Waals surface area contributed by atoms with Gasteiger partial charge in [-0.2, -0.15) is 9.06 Å². The van der Waals surface area contributed by atoms with Crippen LogP contribution in [0.15, 0.2) is 52.0 Å². The molecule has 0 bridgehead atoms. The number of hydrogen-bond acceptors (Lipinski definition) is 2. The van der Waals surface area contributed by atoms with Crippen molar-refractivity contribution in [2.24, 2.45) is 0 Å². The van der Waals surface area contributed by atoms with Crippen molar-refractivity contribution in [1.29, 1.82) is 0 Å². The molecule has 0 aliphatic heterocycles. The van der Waals surface area contributed by atoms with Crippen LogP contribution in [-0.2, 0) is 0 Å². The predicted molar refractivity (Wildman–Crippen MR) is 70.8 cm³/mol. The second-order valence-corrected chi connectivity index (χ2v) is 9.47. The smallest absolute Gasteiger partial charge is 0.134 e. The maximum absolute atomic E-state index is 5.43. The van der Waals surface area contributed by atoms with E-state index in [1.54, 1.807) is 6.26 Å². The number of rotatable bonds is 2. The van der Waals surface area contributed by atoms with Crippen LogP contribution in [0.5, 0.6) is 0 Å². The van der Waals surface area contributed by atoms with Crippen molar-refractivity contribution in [1.82, 2.24) is 0 Å². The first kappa shape index (κ1) is 10.7. The average molecular weight is 238 g/mol. The first-order valence-corrected chi connectivity index (χ1v) is 8.18. The normalized spacial score (nSPS) is 12.7. The lowest BCUT2D eigenvalue weighted by Gasteiger charge is -2.26. The van der Waals surface area contributed by atoms with E-state index in [0.29, 0.717) is 0 Å². The van der Waals surface area contributed by atoms with Gasteiger partial charge < -0.3 is 4.42 Å². The summed E-state index contributed by atoms with van der Waals surface area (Å²) in [6.07, 6.45) is 6.03. The Labute approximate surface area is 96.6 Å². The summed E-state index contributed by atoms with van der Waals surface area (Å²) in [6.45, 7) is 0. The van der Waals surface area contributed by atoms with Crippen LogP contribution < -0.4 is 0 Å². The van der Waals surface area contributed by atoms with Gasteiger partial charge in [0.2, 0.25) is 0 Å². The molecule has 1 aromatic heterocycles. The standard InChI is InChI=1S/C12H14OS2/c1-15(2,14)12-8-4-3-6-10(12)11-7-5-9-13-11/h3-9,14H,1-2H3. The van der Waals surface area contributed by atoms with Crippen molar-refractivity contribution in [2.45, 2.75) is 4.90 Å². The first-order valence-electron chi connectivity index (χ1n) is 4.68. The Morgan fingerprint density at radius 2 is 1.80 bits per heavy atom. The van der Waals surface area contributed by atoms with E-state index in [1.165, 1.54) is 4.90 Å². The number of hydrogen-bond donors (Lipinski definition) is 1. The van der Waals surface area contributed by atoms with E-state index in [2.05, 4.69) is 36.3 Å². The zero-order chi connectivity index (χ0) is 10.9. The van der Waals surface area contributed by atoms with E-state index < -0.39 is 9.06 Å². The summed E-state index contributed by atoms with van der Waals surface area (Å²) in [7, 11) is -1.03. The van der Waals surface area contributed by atoms with Crippen molar-refractivity contribution < 1.29 is 4.42 Å². The Kier molecular flexibility index (Phi) is 2.85. The van der Waals surface area contributed by atoms with Crippen LogP contribution in [0.25, 0.3) is 11.3 Å². The van der Waals surface area contributed by atoms with Gasteiger partial charge in [0.15, 0.2) is 0 Å². The molecule has 0 aliphatic rings. The number of furan rings is 1. The van der Waals surface area contributed by atoms with Gasteiger partial charge in [0.1, 0.15) is 5.76 Å². The van der Waals surface area contributed by atoms with Crippen LogP contribution in [0.4, 0.5) is 0 Å². The van der Waals surface area contributed by atoms with Gasteiger partial charge >= 0.3 is 0 Å². The molecule has 15 heavy (non-hydrogen) atoms. The molecule has 0 amide bonds. The molecule has 1 nitrogen and oxygen atoms in total. The van der Waals surface area contributed by atoms with E-state index in [4.69, 9.17) is 4.42 Å². The highest BCUT2D eigenvalue weighted by Gasteiger charge is 2.15. The Hall–Kier alpha value is -0.800. The molecular formula is C12H14OS2. The van der Waals surface area contributed by atoms with E-state index in [9.17, 15) is 0 Å². The highest BCUT2D eigenvalue weighted by atomic mass is 33.1. The third-order valence-corrected chi connectivity index (χ3v) is 4.23. The molecule has 0 unspecified atom stereocenters. The first-order chi connectivity index (χ1) is 7.09. The predicted octanol–water partition coefficient (Wildman–Crippen LogP) is 4.21. The van der Waals surface area contributed by atoms with Crippen LogP contribution in [0, 0.1) is 0 Å². The molecule has 0 spiro atoms. The van der Waals surface area contributed by atoms with Gasteiger partial charge in [-0.05, 0) is 30.7 Å². The lowest BCUT2D eigenvalue weighted by Crippen LogP contribution is -1.90. The highest BCUT2D eigenvalue weighted by molar-refractivity contribution is 8.87. The maximum atomic E-state index is 5.43. The van der Waals surface area contributed by atoms with Gasteiger partial charge in [0, 0.05) is 10.5 Å². The Balaban J connectivity index is 2.58. The second-order valence-electron chi connectivity index (χ2n) is 3.75. The van der Waals surface area contributed by atoms with Crippen molar-refractivity contribution in [3.05, 3.63) is 42.7 Å². The Morgan fingerprint density at radius 3 is 2.40 bits per heavy atom. The average Bonchev–Trinajstić information content (AvgIpc) is 2.69. The van der Waals surface area contributed by atoms with Gasteiger partial charge in [-0.3, -0.25) is 0 Å². The van der Waals surface area contributed by atoms with Crippen LogP contribution >= 0.6 is 20.7 Å². The van der Waals surface area contributed by atoms with Gasteiger partial charge in [0.25, 0.3) is 0 Å². The summed E-state index contributed by atoms with van der Waals surface area (Å²) >= 11 is 4.69. The summed E-state index contributed by atoms with van der Waals surface area (Å²) in [5, 5.41) is 0. The highest BCUT2D eigenvalue weighted by Crippen LogP contribution is 2.56. The Morgan fingerprint density at radius 1 is 1.07 bits per heavy atom. The fraction of sp³-hybridized carbons (Fsp3) is 0.167. The lowest BCUT2D eigenvalue weighted by atomic mass is 10.2. The summed E-state index contributed by atoms with van der Waals surface area (Å²) in [6, 6.07) is 12.2. The molecule has 1 aromatic carbocycles. The zero-order valence-electron chi connectivity index (χ0n) is 8.81. The molecule has 0 saturated heterocycles. The van der Waals surface area contributed by atoms with Gasteiger partial charge in [-0.25, -0.2) is 0 Å². The fourth-order valence-corrected chi connectivity index (χ4v) is 3.13. The Bertz CT molecular complexity index is 441. The van der Waals surface area contributed by atoms with Crippen LogP contribution in [0.2, 0.25) is 0 Å². The third kappa shape index (κ3) is 2.24. The number of benzene rings is 1. The third-order valence-electron chi connectivity index (χ3n) is 2.21. The minimum Gasteiger partial charge on any atom is -0.464 e. The zero-order valence-corrected chi connectivity index (χ0v) is 10.5. The van der Waals surface area contributed by atoms with E-state index in [-0.39, 0.29) is 0 Å². The van der Waals surface area contributed by atoms with Crippen LogP contribution in [0.1, 0.15) is 0 Å². The topological polar surface area (TPSA) is 13.1 Å². The molecule has 0 saturated carbocycles. The quantitative estimate of drug-likeness (QED) is 0.611. The summed E-state index contributed by atoms with van der Waals surface area (Å²) in [4.78, 5) is 1.27. The number of thiol groups is 1. The molecule has 0 aliphatic carbocycles. The van der Waals surface area contributed by atoms with Crippen molar-refractivity contribution >= 4 is 20.7 Å². The molecule has 2 rings (SSSR count). The minimum atomic E-state index is -1.03. The van der Waals surface area contributed by atoms with E-state index in [1.807, 2.05) is 24.3 Å². The van der Waals surface area contributed by atoms with Crippen molar-refractivity contribution in [3.8, 4) is 11.3 Å². The maximum Gasteiger partial charge on any atom is 0.134 e. The van der Waals surface area contributed by atoms with E-state index in [0.717, 1.165) is 11.3 Å². The molecule has 2 aromatic rings. The minimum absolute atomic E-state index is 0.917. The van der Waals surface area contributed by atoms with Crippen molar-refractivity contribution in [2.75, 3.05) is 12.5 Å². The van der Waals surface area contributed by atoms with E-state index >= 15 is 0 Å². The van der Waals surface area contributed by atoms with Crippen LogP contribution in [-0.4, -0.2) is 12.5 Å². The van der Waals surface area contributed by atoms with Gasteiger partial charge in [0.05, 0.1) is 6.26 Å². The summed E-state index contributed by atoms with van der Waals surface area (Å²) in [5.41, 5.74) is 1.15. The SMILES string of the molecule is CS(C)(S)c1ccccc1-c1ccco1. The fourth-order valence-electron chi connectivity index (χ4n) is 1.54. The van der Waals surface area contributed by atoms with Gasteiger partial charge in [-0.15, -0.1) is 11.7 Å². The molecule has 1 heterocycles. The van der Waals surface area contributed by atoms with Crippen LogP contribution in [0.3, 0.4) is 0 Å². The molecule has 0 N–H and O–H groups in total. The molecule has 0 atom stereocenters. The van der Waals surface area contributed by atoms with Crippen molar-refractivity contribution in [3.63, 3.8) is 0 Å². The molecule has 0 fully saturated rings. The second kappa shape index (κ2) is 3.99. The molecule has 0 radical (unpaired) electrons. The van der Waals surface area contributed by atoms with Gasteiger partial charge in [-0.1, -0.05) is 18.2 Å².